The number of hydrogen-bond donors (Lipinski definition) is 3. The molecule has 0 saturated carbocycles. The number of oxime groups is 1. The highest BCUT2D eigenvalue weighted by molar-refractivity contribution is 9.10. The monoisotopic (exact) mass is 361 g/mol. The Morgan fingerprint density at radius 2 is 1.95 bits per heavy atom. The van der Waals surface area contributed by atoms with Crippen molar-refractivity contribution in [2.45, 2.75) is 6.18 Å². The molecule has 1 rings (SSSR count). The van der Waals surface area contributed by atoms with Crippen LogP contribution < -0.4 is 11.1 Å². The summed E-state index contributed by atoms with van der Waals surface area (Å²) in [6.07, 6.45) is -4.78. The van der Waals surface area contributed by atoms with Gasteiger partial charge in [-0.2, -0.15) is 13.2 Å². The Kier molecular flexibility index (Phi) is 5.15. The van der Waals surface area contributed by atoms with E-state index in [0.29, 0.717) is 6.07 Å². The fourth-order valence-electron chi connectivity index (χ4n) is 1.33. The van der Waals surface area contributed by atoms with Gasteiger partial charge >= 0.3 is 6.18 Å². The fraction of sp³-hybridized carbons (Fsp3) is 0.300. The molecule has 0 heterocycles. The summed E-state index contributed by atoms with van der Waals surface area (Å²) >= 11 is 2.78. The molecule has 112 valence electrons. The summed E-state index contributed by atoms with van der Waals surface area (Å²) in [5, 5.41) is 12.7. The Hall–Kier alpha value is -1.58. The van der Waals surface area contributed by atoms with Crippen LogP contribution in [0.1, 0.15) is 0 Å². The van der Waals surface area contributed by atoms with Crippen LogP contribution in [0.5, 0.6) is 0 Å². The number of amidine groups is 1. The first-order chi connectivity index (χ1) is 9.16. The molecule has 0 spiro atoms. The standard InChI is InChI=1S/C10H9BrF5N3O/c11-5-1-8(7(13)2-6(5)12)18-3-4(9(17)19-20)10(14,15)16/h1-2,4,18,20H,3H2,(H2,17,19). The summed E-state index contributed by atoms with van der Waals surface area (Å²) in [5.41, 5.74) is 4.59. The number of nitrogens with zero attached hydrogens (tertiary/aromatic N) is 1. The smallest absolute Gasteiger partial charge is 0.400 e. The van der Waals surface area contributed by atoms with Gasteiger partial charge in [0.05, 0.1) is 10.2 Å². The van der Waals surface area contributed by atoms with E-state index in [1.165, 1.54) is 0 Å². The Morgan fingerprint density at radius 1 is 1.35 bits per heavy atom. The normalized spacial score (nSPS) is 14.2. The molecule has 0 fully saturated rings. The molecule has 4 nitrogen and oxygen atoms in total. The molecule has 1 atom stereocenters. The molecule has 1 aromatic carbocycles. The molecular formula is C10H9BrF5N3O. The second kappa shape index (κ2) is 6.25. The van der Waals surface area contributed by atoms with E-state index in [9.17, 15) is 22.0 Å². The summed E-state index contributed by atoms with van der Waals surface area (Å²) < 4.78 is 64.1. The summed E-state index contributed by atoms with van der Waals surface area (Å²) in [4.78, 5) is 0. The third-order valence-corrected chi connectivity index (χ3v) is 2.98. The Bertz CT molecular complexity index is 520. The van der Waals surface area contributed by atoms with E-state index >= 15 is 0 Å². The minimum Gasteiger partial charge on any atom is -0.409 e. The SMILES string of the molecule is N/C(=N/O)C(CNc1cc(Br)c(F)cc1F)C(F)(F)F. The number of nitrogens with one attached hydrogen (secondary N) is 1. The molecule has 1 unspecified atom stereocenters. The second-order valence-electron chi connectivity index (χ2n) is 3.75. The van der Waals surface area contributed by atoms with Crippen molar-refractivity contribution in [2.75, 3.05) is 11.9 Å². The predicted molar refractivity (Wildman–Crippen MR) is 65.5 cm³/mol. The van der Waals surface area contributed by atoms with Crippen molar-refractivity contribution in [2.24, 2.45) is 16.8 Å². The fourth-order valence-corrected chi connectivity index (χ4v) is 1.67. The third-order valence-electron chi connectivity index (χ3n) is 2.37. The molecule has 0 aromatic heterocycles. The number of alkyl halides is 3. The predicted octanol–water partition coefficient (Wildman–Crippen LogP) is 3.06. The van der Waals surface area contributed by atoms with Crippen molar-refractivity contribution in [3.63, 3.8) is 0 Å². The largest absolute Gasteiger partial charge is 0.409 e. The summed E-state index contributed by atoms with van der Waals surface area (Å²) in [6.45, 7) is -0.867. The second-order valence-corrected chi connectivity index (χ2v) is 4.60. The molecule has 0 amide bonds. The van der Waals surface area contributed by atoms with Crippen molar-refractivity contribution in [3.8, 4) is 0 Å². The molecule has 0 aliphatic heterocycles. The minimum absolute atomic E-state index is 0.117. The van der Waals surface area contributed by atoms with E-state index < -0.39 is 36.1 Å². The average Bonchev–Trinajstić information content (AvgIpc) is 2.33. The van der Waals surface area contributed by atoms with E-state index in [4.69, 9.17) is 10.9 Å². The maximum absolute atomic E-state index is 13.3. The van der Waals surface area contributed by atoms with Crippen LogP contribution in [0.15, 0.2) is 21.8 Å². The number of halogens is 6. The van der Waals surface area contributed by atoms with Crippen LogP contribution in [0.2, 0.25) is 0 Å². The maximum atomic E-state index is 13.3. The van der Waals surface area contributed by atoms with Gasteiger partial charge in [0.15, 0.2) is 5.84 Å². The van der Waals surface area contributed by atoms with Gasteiger partial charge in [0.2, 0.25) is 0 Å². The van der Waals surface area contributed by atoms with Gasteiger partial charge in [-0.3, -0.25) is 0 Å². The van der Waals surface area contributed by atoms with Crippen LogP contribution in [0.25, 0.3) is 0 Å². The Morgan fingerprint density at radius 3 is 2.45 bits per heavy atom. The molecule has 4 N–H and O–H groups in total. The maximum Gasteiger partial charge on any atom is 0.400 e. The van der Waals surface area contributed by atoms with E-state index in [-0.39, 0.29) is 10.2 Å². The Labute approximate surface area is 118 Å². The Balaban J connectivity index is 2.91. The molecule has 10 heteroatoms. The molecular weight excluding hydrogens is 353 g/mol. The lowest BCUT2D eigenvalue weighted by Gasteiger charge is -2.20. The lowest BCUT2D eigenvalue weighted by atomic mass is 10.1. The number of rotatable bonds is 4. The van der Waals surface area contributed by atoms with Crippen molar-refractivity contribution in [1.82, 2.24) is 0 Å². The van der Waals surface area contributed by atoms with Gasteiger partial charge in [-0.1, -0.05) is 5.16 Å². The van der Waals surface area contributed by atoms with E-state index in [1.54, 1.807) is 0 Å². The molecule has 0 saturated heterocycles. The molecule has 0 aliphatic rings. The van der Waals surface area contributed by atoms with Crippen molar-refractivity contribution in [1.29, 1.82) is 0 Å². The van der Waals surface area contributed by atoms with Gasteiger partial charge in [0.1, 0.15) is 17.6 Å². The first-order valence-corrected chi connectivity index (χ1v) is 5.88. The van der Waals surface area contributed by atoms with Crippen LogP contribution in [0.3, 0.4) is 0 Å². The molecule has 20 heavy (non-hydrogen) atoms. The van der Waals surface area contributed by atoms with Crippen molar-refractivity contribution < 1.29 is 27.2 Å². The molecule has 0 radical (unpaired) electrons. The van der Waals surface area contributed by atoms with Gasteiger partial charge in [0.25, 0.3) is 0 Å². The highest BCUT2D eigenvalue weighted by atomic mass is 79.9. The number of nitrogens with two attached hydrogens (primary N) is 1. The quantitative estimate of drug-likeness (QED) is 0.193. The zero-order valence-electron chi connectivity index (χ0n) is 9.68. The van der Waals surface area contributed by atoms with Gasteiger partial charge in [-0.15, -0.1) is 0 Å². The van der Waals surface area contributed by atoms with E-state index in [1.807, 2.05) is 0 Å². The summed E-state index contributed by atoms with van der Waals surface area (Å²) in [5.74, 6) is -5.33. The van der Waals surface area contributed by atoms with Crippen molar-refractivity contribution in [3.05, 3.63) is 28.2 Å². The minimum atomic E-state index is -4.78. The van der Waals surface area contributed by atoms with Gasteiger partial charge in [-0.05, 0) is 22.0 Å². The van der Waals surface area contributed by atoms with Gasteiger partial charge < -0.3 is 16.3 Å². The summed E-state index contributed by atoms with van der Waals surface area (Å²) in [7, 11) is 0. The van der Waals surface area contributed by atoms with Crippen LogP contribution in [0.4, 0.5) is 27.6 Å². The van der Waals surface area contributed by atoms with E-state index in [0.717, 1.165) is 6.07 Å². The first-order valence-electron chi connectivity index (χ1n) is 5.09. The molecule has 0 bridgehead atoms. The first kappa shape index (κ1) is 16.5. The average molecular weight is 362 g/mol. The topological polar surface area (TPSA) is 70.6 Å². The summed E-state index contributed by atoms with van der Waals surface area (Å²) in [6, 6.07) is 1.46. The van der Waals surface area contributed by atoms with E-state index in [2.05, 4.69) is 26.4 Å². The highest BCUT2D eigenvalue weighted by Gasteiger charge is 2.42. The highest BCUT2D eigenvalue weighted by Crippen LogP contribution is 2.28. The zero-order valence-corrected chi connectivity index (χ0v) is 11.3. The number of anilines is 1. The lowest BCUT2D eigenvalue weighted by molar-refractivity contribution is -0.152. The zero-order chi connectivity index (χ0) is 15.5. The molecule has 0 aliphatic carbocycles. The van der Waals surface area contributed by atoms with Crippen LogP contribution >= 0.6 is 15.9 Å². The van der Waals surface area contributed by atoms with Crippen LogP contribution in [0, 0.1) is 17.6 Å². The van der Waals surface area contributed by atoms with Gasteiger partial charge in [0, 0.05) is 12.6 Å². The van der Waals surface area contributed by atoms with Crippen molar-refractivity contribution >= 4 is 27.5 Å². The number of hydrogen-bond acceptors (Lipinski definition) is 3. The van der Waals surface area contributed by atoms with Gasteiger partial charge in [-0.25, -0.2) is 8.78 Å². The third kappa shape index (κ3) is 3.95. The van der Waals surface area contributed by atoms with Crippen LogP contribution in [-0.4, -0.2) is 23.8 Å². The number of benzene rings is 1. The van der Waals surface area contributed by atoms with Crippen LogP contribution in [-0.2, 0) is 0 Å². The molecule has 1 aromatic rings. The lowest BCUT2D eigenvalue weighted by Crippen LogP contribution is -2.40.